The van der Waals surface area contributed by atoms with E-state index in [0.29, 0.717) is 13.0 Å². The molecule has 0 aliphatic carbocycles. The lowest BCUT2D eigenvalue weighted by atomic mass is 10.3. The molecule has 96 valence electrons. The first-order valence-electron chi connectivity index (χ1n) is 5.38. The third-order valence-electron chi connectivity index (χ3n) is 1.94. The second kappa shape index (κ2) is 6.85. The third-order valence-corrected chi connectivity index (χ3v) is 4.13. The Balaban J connectivity index is 4.69. The molecule has 0 fully saturated rings. The smallest absolute Gasteiger partial charge is 0.321 e. The standard InChI is InChI=1S/C10H21NO4S/c1-5-6-11(7-10(12)15-4)16(13,14)8-9(2)3/h9H,5-8H2,1-4H3. The van der Waals surface area contributed by atoms with Crippen molar-refractivity contribution in [2.24, 2.45) is 5.92 Å². The molecule has 0 N–H and O–H groups in total. The fourth-order valence-corrected chi connectivity index (χ4v) is 3.12. The number of rotatable bonds is 7. The van der Waals surface area contributed by atoms with E-state index in [2.05, 4.69) is 4.74 Å². The van der Waals surface area contributed by atoms with Crippen LogP contribution in [0.3, 0.4) is 0 Å². The number of hydrogen-bond donors (Lipinski definition) is 0. The Morgan fingerprint density at radius 1 is 1.38 bits per heavy atom. The number of ether oxygens (including phenoxy) is 1. The van der Waals surface area contributed by atoms with Gasteiger partial charge < -0.3 is 4.74 Å². The number of nitrogens with zero attached hydrogens (tertiary/aromatic N) is 1. The van der Waals surface area contributed by atoms with Crippen LogP contribution in [-0.2, 0) is 19.6 Å². The minimum atomic E-state index is -3.36. The van der Waals surface area contributed by atoms with Gasteiger partial charge in [-0.05, 0) is 12.3 Å². The average molecular weight is 251 g/mol. The first-order valence-corrected chi connectivity index (χ1v) is 6.99. The Morgan fingerprint density at radius 3 is 2.31 bits per heavy atom. The molecular formula is C10H21NO4S. The highest BCUT2D eigenvalue weighted by Crippen LogP contribution is 2.08. The molecule has 0 aromatic carbocycles. The quantitative estimate of drug-likeness (QED) is 0.629. The van der Waals surface area contributed by atoms with Gasteiger partial charge in [0, 0.05) is 6.54 Å². The first-order chi connectivity index (χ1) is 7.33. The predicted octanol–water partition coefficient (Wildman–Crippen LogP) is 0.857. The first kappa shape index (κ1) is 15.4. The second-order valence-electron chi connectivity index (χ2n) is 4.08. The van der Waals surface area contributed by atoms with E-state index in [1.54, 1.807) is 0 Å². The molecule has 0 amide bonds. The molecule has 0 atom stereocenters. The molecular weight excluding hydrogens is 230 g/mol. The molecule has 0 aliphatic rings. The zero-order valence-corrected chi connectivity index (χ0v) is 11.2. The average Bonchev–Trinajstić information content (AvgIpc) is 2.14. The number of methoxy groups -OCH3 is 1. The van der Waals surface area contributed by atoms with Crippen molar-refractivity contribution in [2.75, 3.05) is 26.0 Å². The fraction of sp³-hybridized carbons (Fsp3) is 0.900. The molecule has 0 spiro atoms. The van der Waals surface area contributed by atoms with Crippen molar-refractivity contribution in [2.45, 2.75) is 27.2 Å². The van der Waals surface area contributed by atoms with Gasteiger partial charge in [-0.25, -0.2) is 8.42 Å². The maximum Gasteiger partial charge on any atom is 0.321 e. The highest BCUT2D eigenvalue weighted by atomic mass is 32.2. The van der Waals surface area contributed by atoms with Crippen molar-refractivity contribution in [1.82, 2.24) is 4.31 Å². The van der Waals surface area contributed by atoms with Crippen molar-refractivity contribution in [3.63, 3.8) is 0 Å². The van der Waals surface area contributed by atoms with Gasteiger partial charge in [-0.3, -0.25) is 4.79 Å². The molecule has 0 radical (unpaired) electrons. The normalized spacial score (nSPS) is 12.1. The maximum atomic E-state index is 11.9. The molecule has 0 rings (SSSR count). The van der Waals surface area contributed by atoms with Crippen LogP contribution in [-0.4, -0.2) is 44.6 Å². The summed E-state index contributed by atoms with van der Waals surface area (Å²) < 4.78 is 29.5. The second-order valence-corrected chi connectivity index (χ2v) is 6.10. The van der Waals surface area contributed by atoms with Gasteiger partial charge in [0.25, 0.3) is 0 Å². The van der Waals surface area contributed by atoms with Crippen molar-refractivity contribution in [3.05, 3.63) is 0 Å². The van der Waals surface area contributed by atoms with E-state index in [0.717, 1.165) is 0 Å². The number of carbonyl (C=O) groups is 1. The molecule has 0 unspecified atom stereocenters. The largest absolute Gasteiger partial charge is 0.468 e. The summed E-state index contributed by atoms with van der Waals surface area (Å²) in [6.07, 6.45) is 0.675. The van der Waals surface area contributed by atoms with Crippen LogP contribution in [0.5, 0.6) is 0 Å². The maximum absolute atomic E-state index is 11.9. The minimum Gasteiger partial charge on any atom is -0.468 e. The van der Waals surface area contributed by atoms with Gasteiger partial charge >= 0.3 is 5.97 Å². The van der Waals surface area contributed by atoms with Gasteiger partial charge in [0.05, 0.1) is 12.9 Å². The van der Waals surface area contributed by atoms with Crippen molar-refractivity contribution >= 4 is 16.0 Å². The Hall–Kier alpha value is -0.620. The summed E-state index contributed by atoms with van der Waals surface area (Å²) in [5.41, 5.74) is 0. The molecule has 0 aliphatic heterocycles. The summed E-state index contributed by atoms with van der Waals surface area (Å²) in [5.74, 6) is -0.424. The van der Waals surface area contributed by atoms with E-state index in [4.69, 9.17) is 0 Å². The lowest BCUT2D eigenvalue weighted by molar-refractivity contribution is -0.140. The Morgan fingerprint density at radius 2 is 1.94 bits per heavy atom. The number of sulfonamides is 1. The monoisotopic (exact) mass is 251 g/mol. The summed E-state index contributed by atoms with van der Waals surface area (Å²) in [6.45, 7) is 5.69. The van der Waals surface area contributed by atoms with Crippen LogP contribution >= 0.6 is 0 Å². The van der Waals surface area contributed by atoms with Crippen molar-refractivity contribution in [3.8, 4) is 0 Å². The Kier molecular flexibility index (Phi) is 6.59. The van der Waals surface area contributed by atoms with E-state index < -0.39 is 16.0 Å². The van der Waals surface area contributed by atoms with Crippen LogP contribution in [0.4, 0.5) is 0 Å². The highest BCUT2D eigenvalue weighted by Gasteiger charge is 2.24. The molecule has 0 aromatic rings. The van der Waals surface area contributed by atoms with Gasteiger partial charge in [0.2, 0.25) is 10.0 Å². The Bertz CT molecular complexity index is 311. The summed E-state index contributed by atoms with van der Waals surface area (Å²) in [4.78, 5) is 11.1. The van der Waals surface area contributed by atoms with Gasteiger partial charge in [0.1, 0.15) is 6.54 Å². The zero-order valence-electron chi connectivity index (χ0n) is 10.4. The molecule has 5 nitrogen and oxygen atoms in total. The van der Waals surface area contributed by atoms with E-state index in [1.165, 1.54) is 11.4 Å². The van der Waals surface area contributed by atoms with Crippen LogP contribution in [0.1, 0.15) is 27.2 Å². The fourth-order valence-electron chi connectivity index (χ4n) is 1.30. The van der Waals surface area contributed by atoms with Gasteiger partial charge in [0.15, 0.2) is 0 Å². The SMILES string of the molecule is CCCN(CC(=O)OC)S(=O)(=O)CC(C)C. The molecule has 0 saturated carbocycles. The summed E-state index contributed by atoms with van der Waals surface area (Å²) in [5, 5.41) is 0. The third kappa shape index (κ3) is 5.46. The highest BCUT2D eigenvalue weighted by molar-refractivity contribution is 7.89. The summed E-state index contributed by atoms with van der Waals surface area (Å²) in [6, 6.07) is 0. The molecule has 6 heteroatoms. The van der Waals surface area contributed by atoms with Crippen LogP contribution in [0, 0.1) is 5.92 Å². The zero-order chi connectivity index (χ0) is 12.8. The van der Waals surface area contributed by atoms with E-state index in [1.807, 2.05) is 20.8 Å². The van der Waals surface area contributed by atoms with Gasteiger partial charge in [-0.15, -0.1) is 0 Å². The summed E-state index contributed by atoms with van der Waals surface area (Å²) >= 11 is 0. The van der Waals surface area contributed by atoms with Gasteiger partial charge in [-0.1, -0.05) is 20.8 Å². The molecule has 0 bridgehead atoms. The number of carbonyl (C=O) groups excluding carboxylic acids is 1. The van der Waals surface area contributed by atoms with Crippen molar-refractivity contribution < 1.29 is 17.9 Å². The molecule has 0 saturated heterocycles. The van der Waals surface area contributed by atoms with E-state index >= 15 is 0 Å². The minimum absolute atomic E-state index is 0.0435. The van der Waals surface area contributed by atoms with Crippen LogP contribution in [0.25, 0.3) is 0 Å². The predicted molar refractivity (Wildman–Crippen MR) is 62.5 cm³/mol. The van der Waals surface area contributed by atoms with Crippen LogP contribution in [0.2, 0.25) is 0 Å². The lowest BCUT2D eigenvalue weighted by Crippen LogP contribution is -2.39. The summed E-state index contributed by atoms with van der Waals surface area (Å²) in [7, 11) is -2.10. The lowest BCUT2D eigenvalue weighted by Gasteiger charge is -2.21. The van der Waals surface area contributed by atoms with Crippen LogP contribution in [0.15, 0.2) is 0 Å². The molecule has 0 aromatic heterocycles. The van der Waals surface area contributed by atoms with Crippen molar-refractivity contribution in [1.29, 1.82) is 0 Å². The molecule has 16 heavy (non-hydrogen) atoms. The topological polar surface area (TPSA) is 63.7 Å². The van der Waals surface area contributed by atoms with Crippen LogP contribution < -0.4 is 0 Å². The Labute approximate surface area is 97.8 Å². The number of hydrogen-bond acceptors (Lipinski definition) is 4. The number of esters is 1. The van der Waals surface area contributed by atoms with E-state index in [-0.39, 0.29) is 18.2 Å². The molecule has 0 heterocycles. The van der Waals surface area contributed by atoms with Gasteiger partial charge in [-0.2, -0.15) is 4.31 Å². The van der Waals surface area contributed by atoms with E-state index in [9.17, 15) is 13.2 Å².